The fourth-order valence-corrected chi connectivity index (χ4v) is 0.739. The van der Waals surface area contributed by atoms with Crippen LogP contribution in [0.15, 0.2) is 0 Å². The molecule has 0 saturated carbocycles. The van der Waals surface area contributed by atoms with Gasteiger partial charge >= 0.3 is 13.4 Å². The molecule has 1 fully saturated rings. The zero-order valence-electron chi connectivity index (χ0n) is 8.50. The summed E-state index contributed by atoms with van der Waals surface area (Å²) in [6, 6.07) is 0. The molecule has 0 aromatic heterocycles. The van der Waals surface area contributed by atoms with Crippen molar-refractivity contribution >= 4 is 37.1 Å². The normalized spacial score (nSPS) is 20.3. The fourth-order valence-electron chi connectivity index (χ4n) is 0.739. The molecule has 1 atom stereocenters. The lowest BCUT2D eigenvalue weighted by Crippen LogP contribution is -1.94. The molecule has 0 aromatic rings. The number of hydrogen-bond acceptors (Lipinski definition) is 3. The molecular weight excluding hydrogens is 298 g/mol. The van der Waals surface area contributed by atoms with Crippen molar-refractivity contribution in [3.05, 3.63) is 0 Å². The predicted molar refractivity (Wildman–Crippen MR) is 66.5 cm³/mol. The van der Waals surface area contributed by atoms with E-state index in [9.17, 15) is 0 Å². The molecule has 1 unspecified atom stereocenters. The number of ether oxygens (including phenoxy) is 1. The minimum atomic E-state index is -3.81. The second-order valence-electron chi connectivity index (χ2n) is 2.85. The van der Waals surface area contributed by atoms with E-state index in [1.807, 2.05) is 0 Å². The van der Waals surface area contributed by atoms with Crippen LogP contribution in [0.3, 0.4) is 0 Å². The van der Waals surface area contributed by atoms with E-state index in [1.54, 1.807) is 0 Å². The summed E-state index contributed by atoms with van der Waals surface area (Å²) in [6.07, 6.45) is 3.08. The van der Waals surface area contributed by atoms with Crippen LogP contribution in [0.4, 0.5) is 0 Å². The molecule has 6 N–H and O–H groups in total. The Morgan fingerprint density at radius 2 is 1.31 bits per heavy atom. The van der Waals surface area contributed by atoms with Gasteiger partial charge < -0.3 is 34.1 Å². The monoisotopic (exact) mass is 314 g/mol. The van der Waals surface area contributed by atoms with Crippen LogP contribution in [-0.4, -0.2) is 42.1 Å². The molecule has 1 heterocycles. The zero-order valence-corrected chi connectivity index (χ0v) is 11.9. The summed E-state index contributed by atoms with van der Waals surface area (Å²) in [5.74, 6) is 0. The van der Waals surface area contributed by atoms with Gasteiger partial charge in [0.15, 0.2) is 0 Å². The Labute approximate surface area is 104 Å². The first-order valence-electron chi connectivity index (χ1n) is 4.08. The molecule has 0 amide bonds. The molecule has 11 heteroatoms. The van der Waals surface area contributed by atoms with Gasteiger partial charge in [0.25, 0.3) is 0 Å². The van der Waals surface area contributed by atoms with E-state index >= 15 is 0 Å². The van der Waals surface area contributed by atoms with E-state index in [1.165, 1.54) is 12.8 Å². The summed E-state index contributed by atoms with van der Waals surface area (Å²) in [4.78, 5) is 45.3. The lowest BCUT2D eigenvalue weighted by atomic mass is 10.3. The second kappa shape index (κ2) is 9.02. The Balaban J connectivity index is 0. The molecule has 1 rings (SSSR count). The van der Waals surface area contributed by atoms with Crippen LogP contribution in [0.5, 0.6) is 0 Å². The third-order valence-corrected chi connectivity index (χ3v) is 1.16. The quantitative estimate of drug-likeness (QED) is 0.329. The lowest BCUT2D eigenvalue weighted by molar-refractivity contribution is 0.125. The molecule has 0 radical (unpaired) electrons. The highest BCUT2D eigenvalue weighted by Gasteiger charge is 2.07. The second-order valence-corrected chi connectivity index (χ2v) is 7.84. The highest BCUT2D eigenvalue weighted by atomic mass is 32.5. The van der Waals surface area contributed by atoms with E-state index in [2.05, 4.69) is 30.5 Å². The summed E-state index contributed by atoms with van der Waals surface area (Å²) in [5, 5.41) is 0. The van der Waals surface area contributed by atoms with Gasteiger partial charge in [-0.15, -0.1) is 0 Å². The molecule has 7 nitrogen and oxygen atoms in total. The maximum atomic E-state index is 7.56. The first-order chi connectivity index (χ1) is 6.89. The van der Waals surface area contributed by atoms with Crippen LogP contribution in [0.1, 0.15) is 19.8 Å². The highest BCUT2D eigenvalue weighted by molar-refractivity contribution is 8.06. The smallest absolute Gasteiger partial charge is 0.319 e. The number of rotatable bonds is 0. The summed E-state index contributed by atoms with van der Waals surface area (Å²) in [5.41, 5.74) is 0. The Kier molecular flexibility index (Phi) is 10.9. The first-order valence-corrected chi connectivity index (χ1v) is 9.40. The van der Waals surface area contributed by atoms with Gasteiger partial charge in [0.05, 0.1) is 6.10 Å². The molecule has 0 aliphatic carbocycles. The van der Waals surface area contributed by atoms with Crippen molar-refractivity contribution in [3.63, 3.8) is 0 Å². The van der Waals surface area contributed by atoms with Crippen LogP contribution >= 0.6 is 13.4 Å². The van der Waals surface area contributed by atoms with Crippen molar-refractivity contribution in [2.75, 3.05) is 6.61 Å². The van der Waals surface area contributed by atoms with Crippen LogP contribution in [0.25, 0.3) is 0 Å². The highest BCUT2D eigenvalue weighted by Crippen LogP contribution is 2.26. The number of hydrogen-bond donors (Lipinski definition) is 6. The first kappa shape index (κ1) is 19.4. The van der Waals surface area contributed by atoms with Gasteiger partial charge in [0, 0.05) is 6.61 Å². The Hall–Kier alpha value is 1.02. The van der Waals surface area contributed by atoms with Crippen LogP contribution < -0.4 is 0 Å². The van der Waals surface area contributed by atoms with Gasteiger partial charge in [0.2, 0.25) is 0 Å². The van der Waals surface area contributed by atoms with E-state index < -0.39 is 13.4 Å². The van der Waals surface area contributed by atoms with Gasteiger partial charge in [0.1, 0.15) is 0 Å². The topological polar surface area (TPSA) is 131 Å². The van der Waals surface area contributed by atoms with Crippen molar-refractivity contribution in [2.45, 2.75) is 25.9 Å². The zero-order chi connectivity index (χ0) is 13.4. The largest absolute Gasteiger partial charge is 0.379 e. The van der Waals surface area contributed by atoms with Gasteiger partial charge in [-0.05, 0) is 43.4 Å². The maximum Gasteiger partial charge on any atom is 0.319 e. The van der Waals surface area contributed by atoms with Crippen molar-refractivity contribution < 1.29 is 34.1 Å². The fraction of sp³-hybridized carbons (Fsp3) is 1.00. The standard InChI is InChI=1S/C5H10O.2H3O3PS/c1-5-3-2-4-6-5;2*1-4(2,3)5/h5H,2-4H2,1H3;2*(H3,1,2,3,5). The molecule has 1 aliphatic heterocycles. The van der Waals surface area contributed by atoms with Crippen molar-refractivity contribution in [1.82, 2.24) is 0 Å². The summed E-state index contributed by atoms with van der Waals surface area (Å²) in [6.45, 7) is -4.51. The molecule has 0 bridgehead atoms. The molecule has 100 valence electrons. The Morgan fingerprint density at radius 3 is 1.38 bits per heavy atom. The van der Waals surface area contributed by atoms with Crippen molar-refractivity contribution in [1.29, 1.82) is 0 Å². The van der Waals surface area contributed by atoms with E-state index in [0.29, 0.717) is 6.10 Å². The average Bonchev–Trinajstić information content (AvgIpc) is 2.30. The minimum Gasteiger partial charge on any atom is -0.379 e. The van der Waals surface area contributed by atoms with Crippen LogP contribution in [-0.2, 0) is 28.4 Å². The lowest BCUT2D eigenvalue weighted by Gasteiger charge is -1.94. The summed E-state index contributed by atoms with van der Waals surface area (Å²) in [7, 11) is 0. The van der Waals surface area contributed by atoms with Crippen LogP contribution in [0, 0.1) is 0 Å². The van der Waals surface area contributed by atoms with E-state index in [-0.39, 0.29) is 0 Å². The van der Waals surface area contributed by atoms with Crippen molar-refractivity contribution in [3.8, 4) is 0 Å². The SMILES string of the molecule is CC1CCCO1.OP(O)(O)=S.OP(O)(O)=S. The molecular formula is C5H16O7P2S2. The third-order valence-electron chi connectivity index (χ3n) is 1.16. The van der Waals surface area contributed by atoms with E-state index in [4.69, 9.17) is 34.1 Å². The van der Waals surface area contributed by atoms with Gasteiger partial charge in [-0.1, -0.05) is 0 Å². The molecule has 0 spiro atoms. The maximum absolute atomic E-state index is 7.56. The Morgan fingerprint density at radius 1 is 1.00 bits per heavy atom. The van der Waals surface area contributed by atoms with Gasteiger partial charge in [-0.25, -0.2) is 0 Å². The van der Waals surface area contributed by atoms with Gasteiger partial charge in [-0.3, -0.25) is 0 Å². The molecule has 1 aliphatic rings. The van der Waals surface area contributed by atoms with Gasteiger partial charge in [-0.2, -0.15) is 0 Å². The predicted octanol–water partition coefficient (Wildman–Crippen LogP) is -0.439. The van der Waals surface area contributed by atoms with E-state index in [0.717, 1.165) is 6.61 Å². The molecule has 1 saturated heterocycles. The third kappa shape index (κ3) is 45.9. The molecule has 16 heavy (non-hydrogen) atoms. The van der Waals surface area contributed by atoms with Crippen LogP contribution in [0.2, 0.25) is 0 Å². The Bertz CT molecular complexity index is 219. The summed E-state index contributed by atoms with van der Waals surface area (Å²) < 4.78 is 5.15. The minimum absolute atomic E-state index is 0.546. The van der Waals surface area contributed by atoms with Crippen molar-refractivity contribution in [2.24, 2.45) is 0 Å². The average molecular weight is 314 g/mol. The molecule has 0 aromatic carbocycles. The summed E-state index contributed by atoms with van der Waals surface area (Å²) >= 11 is 7.21.